The van der Waals surface area contributed by atoms with Gasteiger partial charge in [0.1, 0.15) is 5.82 Å². The van der Waals surface area contributed by atoms with Gasteiger partial charge in [-0.2, -0.15) is 0 Å². The van der Waals surface area contributed by atoms with Crippen molar-refractivity contribution in [2.45, 2.75) is 24.9 Å². The lowest BCUT2D eigenvalue weighted by molar-refractivity contribution is 0.228. The van der Waals surface area contributed by atoms with Gasteiger partial charge in [-0.1, -0.05) is 12.1 Å². The smallest absolute Gasteiger partial charge is 0.123 e. The van der Waals surface area contributed by atoms with Crippen LogP contribution in [0.2, 0.25) is 0 Å². The number of imidazole rings is 1. The molecule has 90 valence electrons. The molecule has 0 aliphatic heterocycles. The molecular weight excluding hydrogens is 214 g/mol. The zero-order valence-corrected chi connectivity index (χ0v) is 9.98. The van der Waals surface area contributed by atoms with Crippen molar-refractivity contribution >= 4 is 11.0 Å². The number of hydrogen-bond donors (Lipinski definition) is 2. The summed E-state index contributed by atoms with van der Waals surface area (Å²) < 4.78 is 2.11. The molecule has 0 bridgehead atoms. The molecule has 1 aromatic carbocycles. The number of nitrogens with one attached hydrogen (secondary N) is 1. The van der Waals surface area contributed by atoms with Crippen LogP contribution in [0.4, 0.5) is 0 Å². The van der Waals surface area contributed by atoms with Crippen LogP contribution in [0.15, 0.2) is 24.3 Å². The summed E-state index contributed by atoms with van der Waals surface area (Å²) in [6.07, 6.45) is 2.13. The predicted molar refractivity (Wildman–Crippen MR) is 66.6 cm³/mol. The van der Waals surface area contributed by atoms with E-state index in [1.165, 1.54) is 0 Å². The van der Waals surface area contributed by atoms with Gasteiger partial charge in [0.2, 0.25) is 0 Å². The fourth-order valence-electron chi connectivity index (χ4n) is 2.16. The summed E-state index contributed by atoms with van der Waals surface area (Å²) in [7, 11) is 2.03. The van der Waals surface area contributed by atoms with Crippen molar-refractivity contribution < 1.29 is 5.11 Å². The fourth-order valence-corrected chi connectivity index (χ4v) is 2.16. The third-order valence-electron chi connectivity index (χ3n) is 3.66. The highest BCUT2D eigenvalue weighted by molar-refractivity contribution is 5.75. The van der Waals surface area contributed by atoms with Gasteiger partial charge >= 0.3 is 0 Å². The Balaban J connectivity index is 1.83. The maximum Gasteiger partial charge on any atom is 0.123 e. The van der Waals surface area contributed by atoms with Crippen molar-refractivity contribution in [3.8, 4) is 0 Å². The van der Waals surface area contributed by atoms with E-state index in [0.717, 1.165) is 29.7 Å². The van der Waals surface area contributed by atoms with Gasteiger partial charge in [-0.05, 0) is 25.0 Å². The normalized spacial score (nSPS) is 17.5. The molecule has 1 aliphatic carbocycles. The number of aryl methyl sites for hydroxylation is 1. The van der Waals surface area contributed by atoms with E-state index in [0.29, 0.717) is 6.54 Å². The Labute approximate surface area is 100 Å². The number of aliphatic hydroxyl groups is 1. The van der Waals surface area contributed by atoms with Crippen LogP contribution >= 0.6 is 0 Å². The molecule has 3 rings (SSSR count). The molecule has 1 aromatic heterocycles. The second-order valence-electron chi connectivity index (χ2n) is 4.87. The number of rotatable bonds is 4. The van der Waals surface area contributed by atoms with Crippen LogP contribution < -0.4 is 5.32 Å². The van der Waals surface area contributed by atoms with E-state index in [1.54, 1.807) is 0 Å². The highest BCUT2D eigenvalue weighted by atomic mass is 16.3. The topological polar surface area (TPSA) is 50.1 Å². The molecule has 0 spiro atoms. The highest BCUT2D eigenvalue weighted by Gasteiger charge is 2.41. The van der Waals surface area contributed by atoms with Crippen LogP contribution in [0, 0.1) is 0 Å². The first-order valence-corrected chi connectivity index (χ1v) is 6.00. The number of aromatic nitrogens is 2. The quantitative estimate of drug-likeness (QED) is 0.831. The molecule has 0 radical (unpaired) electrons. The van der Waals surface area contributed by atoms with Crippen LogP contribution in [0.5, 0.6) is 0 Å². The van der Waals surface area contributed by atoms with Crippen molar-refractivity contribution in [3.05, 3.63) is 30.1 Å². The molecule has 1 heterocycles. The summed E-state index contributed by atoms with van der Waals surface area (Å²) in [5.74, 6) is 1.02. The van der Waals surface area contributed by atoms with E-state index >= 15 is 0 Å². The second kappa shape index (κ2) is 3.82. The van der Waals surface area contributed by atoms with Gasteiger partial charge in [0.05, 0.1) is 24.2 Å². The second-order valence-corrected chi connectivity index (χ2v) is 4.87. The fraction of sp³-hybridized carbons (Fsp3) is 0.462. The van der Waals surface area contributed by atoms with E-state index in [1.807, 2.05) is 25.2 Å². The number of aliphatic hydroxyl groups excluding tert-OH is 1. The molecule has 0 unspecified atom stereocenters. The zero-order valence-electron chi connectivity index (χ0n) is 9.98. The largest absolute Gasteiger partial charge is 0.394 e. The van der Waals surface area contributed by atoms with Gasteiger partial charge in [0, 0.05) is 12.6 Å². The molecule has 1 saturated carbocycles. The molecule has 0 saturated heterocycles. The van der Waals surface area contributed by atoms with E-state index in [9.17, 15) is 5.11 Å². The predicted octanol–water partition coefficient (Wildman–Crippen LogP) is 1.19. The average molecular weight is 231 g/mol. The minimum atomic E-state index is -0.0296. The van der Waals surface area contributed by atoms with Gasteiger partial charge in [0.15, 0.2) is 0 Å². The molecule has 2 aromatic rings. The SMILES string of the molecule is Cn1c(CNC2(CO)CC2)nc2ccccc21. The summed E-state index contributed by atoms with van der Waals surface area (Å²) in [5, 5.41) is 12.7. The summed E-state index contributed by atoms with van der Waals surface area (Å²) >= 11 is 0. The lowest BCUT2D eigenvalue weighted by Crippen LogP contribution is -2.34. The van der Waals surface area contributed by atoms with Gasteiger partial charge in [0.25, 0.3) is 0 Å². The first-order chi connectivity index (χ1) is 8.24. The standard InChI is InChI=1S/C13H17N3O/c1-16-11-5-3-2-4-10(11)15-12(16)8-14-13(9-17)6-7-13/h2-5,14,17H,6-9H2,1H3. The van der Waals surface area contributed by atoms with Crippen LogP contribution in [0.25, 0.3) is 11.0 Å². The summed E-state index contributed by atoms with van der Waals surface area (Å²) in [4.78, 5) is 4.60. The van der Waals surface area contributed by atoms with Crippen LogP contribution in [-0.2, 0) is 13.6 Å². The Morgan fingerprint density at radius 3 is 2.82 bits per heavy atom. The Kier molecular flexibility index (Phi) is 2.42. The Bertz CT molecular complexity index is 543. The van der Waals surface area contributed by atoms with Gasteiger partial charge in [-0.25, -0.2) is 4.98 Å². The Hall–Kier alpha value is -1.39. The summed E-state index contributed by atoms with van der Waals surface area (Å²) in [6, 6.07) is 8.13. The van der Waals surface area contributed by atoms with Crippen LogP contribution in [-0.4, -0.2) is 26.8 Å². The minimum Gasteiger partial charge on any atom is -0.394 e. The average Bonchev–Trinajstić information content (AvgIpc) is 3.08. The van der Waals surface area contributed by atoms with Gasteiger partial charge in [-0.3, -0.25) is 0 Å². The van der Waals surface area contributed by atoms with Crippen molar-refractivity contribution in [2.75, 3.05) is 6.61 Å². The number of hydrogen-bond acceptors (Lipinski definition) is 3. The third kappa shape index (κ3) is 1.83. The molecule has 0 amide bonds. The van der Waals surface area contributed by atoms with Crippen molar-refractivity contribution in [1.29, 1.82) is 0 Å². The molecule has 1 aliphatic rings. The molecule has 4 heteroatoms. The minimum absolute atomic E-state index is 0.0296. The Morgan fingerprint density at radius 2 is 2.18 bits per heavy atom. The van der Waals surface area contributed by atoms with Gasteiger partial charge in [-0.15, -0.1) is 0 Å². The number of fused-ring (bicyclic) bond motifs is 1. The van der Waals surface area contributed by atoms with E-state index in [4.69, 9.17) is 0 Å². The van der Waals surface area contributed by atoms with E-state index < -0.39 is 0 Å². The summed E-state index contributed by atoms with van der Waals surface area (Å²) in [6.45, 7) is 0.933. The lowest BCUT2D eigenvalue weighted by Gasteiger charge is -2.13. The van der Waals surface area contributed by atoms with Crippen LogP contribution in [0.3, 0.4) is 0 Å². The number of benzene rings is 1. The molecule has 1 fully saturated rings. The Morgan fingerprint density at radius 1 is 1.41 bits per heavy atom. The van der Waals surface area contributed by atoms with Crippen molar-refractivity contribution in [2.24, 2.45) is 7.05 Å². The zero-order chi connectivity index (χ0) is 11.9. The highest BCUT2D eigenvalue weighted by Crippen LogP contribution is 2.34. The van der Waals surface area contributed by atoms with Crippen molar-refractivity contribution in [1.82, 2.24) is 14.9 Å². The lowest BCUT2D eigenvalue weighted by atomic mass is 10.3. The molecule has 0 atom stereocenters. The van der Waals surface area contributed by atoms with Crippen molar-refractivity contribution in [3.63, 3.8) is 0 Å². The van der Waals surface area contributed by atoms with E-state index in [-0.39, 0.29) is 12.1 Å². The van der Waals surface area contributed by atoms with Gasteiger partial charge < -0.3 is 15.0 Å². The molecular formula is C13H17N3O. The third-order valence-corrected chi connectivity index (χ3v) is 3.66. The maximum atomic E-state index is 9.25. The number of nitrogens with zero attached hydrogens (tertiary/aromatic N) is 2. The monoisotopic (exact) mass is 231 g/mol. The molecule has 4 nitrogen and oxygen atoms in total. The van der Waals surface area contributed by atoms with E-state index in [2.05, 4.69) is 20.9 Å². The summed E-state index contributed by atoms with van der Waals surface area (Å²) in [5.41, 5.74) is 2.15. The first-order valence-electron chi connectivity index (χ1n) is 6.00. The first kappa shape index (κ1) is 10.7. The number of para-hydroxylation sites is 2. The maximum absolute atomic E-state index is 9.25. The molecule has 17 heavy (non-hydrogen) atoms. The van der Waals surface area contributed by atoms with Crippen LogP contribution in [0.1, 0.15) is 18.7 Å². The molecule has 2 N–H and O–H groups in total.